The Hall–Kier alpha value is 1.23. The van der Waals surface area contributed by atoms with Crippen molar-refractivity contribution in [3.63, 3.8) is 0 Å². The van der Waals surface area contributed by atoms with Crippen molar-refractivity contribution in [2.75, 3.05) is 11.5 Å². The minimum atomic E-state index is -0.00123. The second-order valence-electron chi connectivity index (χ2n) is 1.96. The third-order valence-electron chi connectivity index (χ3n) is 1.20. The van der Waals surface area contributed by atoms with Crippen molar-refractivity contribution in [1.82, 2.24) is 0 Å². The zero-order valence-electron chi connectivity index (χ0n) is 4.61. The molecule has 0 bridgehead atoms. The van der Waals surface area contributed by atoms with Gasteiger partial charge < -0.3 is 0 Å². The van der Waals surface area contributed by atoms with Gasteiger partial charge in [-0.3, -0.25) is 0 Å². The zero-order valence-corrected chi connectivity index (χ0v) is 9.31. The summed E-state index contributed by atoms with van der Waals surface area (Å²) in [7, 11) is 0. The molecule has 0 saturated carbocycles. The minimum absolute atomic E-state index is 0.00123. The molecule has 0 spiro atoms. The molecule has 0 unspecified atom stereocenters. The topological polar surface area (TPSA) is 0 Å². The fourth-order valence-electron chi connectivity index (χ4n) is 0.691. The molecular weight excluding hydrogens is 301 g/mol. The number of thioether (sulfide) groups is 1. The van der Waals surface area contributed by atoms with Gasteiger partial charge in [0.1, 0.15) is 0 Å². The van der Waals surface area contributed by atoms with Gasteiger partial charge in [0.15, 0.2) is 0 Å². The number of rotatable bonds is 2. The zero-order chi connectivity index (χ0) is 5.11. The van der Waals surface area contributed by atoms with Crippen molar-refractivity contribution in [3.05, 3.63) is 0 Å². The maximum absolute atomic E-state index is 2.46. The van der Waals surface area contributed by atoms with Gasteiger partial charge >= 0.3 is 61.2 Å². The Morgan fingerprint density at radius 2 is 2.43 bits per heavy atom. The molecular formula is C5H11BiS. The molecule has 7 heavy (non-hydrogen) atoms. The van der Waals surface area contributed by atoms with E-state index in [2.05, 4.69) is 16.4 Å². The molecule has 0 aliphatic carbocycles. The van der Waals surface area contributed by atoms with Crippen molar-refractivity contribution in [2.45, 2.75) is 8.76 Å². The molecule has 42 valence electrons. The first-order chi connectivity index (χ1) is 3.43. The van der Waals surface area contributed by atoms with Crippen molar-refractivity contribution in [2.24, 2.45) is 5.92 Å². The van der Waals surface area contributed by atoms with E-state index >= 15 is 0 Å². The van der Waals surface area contributed by atoms with Crippen LogP contribution in [0.1, 0.15) is 0 Å². The van der Waals surface area contributed by atoms with Gasteiger partial charge in [-0.15, -0.1) is 0 Å². The van der Waals surface area contributed by atoms with Crippen LogP contribution in [0.3, 0.4) is 0 Å². The SMILES string of the molecule is [CH3][BiH][CH2]C1CSC1. The summed E-state index contributed by atoms with van der Waals surface area (Å²) in [6.45, 7) is 0. The average molecular weight is 312 g/mol. The van der Waals surface area contributed by atoms with E-state index in [1.54, 1.807) is 4.13 Å². The van der Waals surface area contributed by atoms with Gasteiger partial charge in [-0.25, -0.2) is 0 Å². The first kappa shape index (κ1) is 6.35. The van der Waals surface area contributed by atoms with Crippen LogP contribution in [0, 0.1) is 5.92 Å². The number of hydrogen-bond acceptors (Lipinski definition) is 1. The molecule has 1 saturated heterocycles. The second kappa shape index (κ2) is 3.30. The normalized spacial score (nSPS) is 21.9. The molecule has 1 aliphatic rings. The van der Waals surface area contributed by atoms with Gasteiger partial charge in [0, 0.05) is 0 Å². The van der Waals surface area contributed by atoms with E-state index in [-0.39, 0.29) is 23.2 Å². The predicted molar refractivity (Wildman–Crippen MR) is 38.6 cm³/mol. The molecule has 0 nitrogen and oxygen atoms in total. The Kier molecular flexibility index (Phi) is 2.99. The van der Waals surface area contributed by atoms with Crippen molar-refractivity contribution in [1.29, 1.82) is 0 Å². The Morgan fingerprint density at radius 3 is 2.57 bits per heavy atom. The van der Waals surface area contributed by atoms with Crippen LogP contribution in [0.15, 0.2) is 0 Å². The fourth-order valence-corrected chi connectivity index (χ4v) is 6.49. The molecule has 0 atom stereocenters. The van der Waals surface area contributed by atoms with Crippen molar-refractivity contribution >= 4 is 35.0 Å². The van der Waals surface area contributed by atoms with E-state index < -0.39 is 0 Å². The molecule has 0 aromatic rings. The Morgan fingerprint density at radius 1 is 1.71 bits per heavy atom. The van der Waals surface area contributed by atoms with Crippen LogP contribution >= 0.6 is 11.8 Å². The fraction of sp³-hybridized carbons (Fsp3) is 1.00. The van der Waals surface area contributed by atoms with E-state index in [0.717, 1.165) is 0 Å². The molecule has 2 heteroatoms. The summed E-state index contributed by atoms with van der Waals surface area (Å²) in [5.74, 6) is 4.15. The molecule has 0 amide bonds. The van der Waals surface area contributed by atoms with Gasteiger partial charge in [0.05, 0.1) is 0 Å². The molecule has 0 N–H and O–H groups in total. The van der Waals surface area contributed by atoms with Gasteiger partial charge in [-0.2, -0.15) is 0 Å². The Labute approximate surface area is 61.0 Å². The van der Waals surface area contributed by atoms with Crippen LogP contribution < -0.4 is 0 Å². The molecule has 1 aliphatic heterocycles. The third kappa shape index (κ3) is 1.89. The summed E-state index contributed by atoms with van der Waals surface area (Å²) in [6, 6.07) is 0. The average Bonchev–Trinajstić information content (AvgIpc) is 1.55. The third-order valence-corrected chi connectivity index (χ3v) is 6.45. The summed E-state index contributed by atoms with van der Waals surface area (Å²) in [5.41, 5.74) is 0. The molecule has 1 fully saturated rings. The monoisotopic (exact) mass is 312 g/mol. The molecule has 1 rings (SSSR count). The van der Waals surface area contributed by atoms with Gasteiger partial charge in [-0.1, -0.05) is 0 Å². The Balaban J connectivity index is 1.93. The number of hydrogen-bond donors (Lipinski definition) is 0. The standard InChI is InChI=1S/C4H7S.CH3.Bi.H/c1-4-2-5-3-4;;;/h4H,1-3H2;1H3;;. The molecule has 1 heterocycles. The molecule has 0 radical (unpaired) electrons. The summed E-state index contributed by atoms with van der Waals surface area (Å²) < 4.78 is 4.12. The maximum atomic E-state index is 2.46. The van der Waals surface area contributed by atoms with E-state index in [1.165, 1.54) is 17.4 Å². The summed E-state index contributed by atoms with van der Waals surface area (Å²) in [5, 5.41) is 0. The van der Waals surface area contributed by atoms with Gasteiger partial charge in [0.25, 0.3) is 0 Å². The van der Waals surface area contributed by atoms with E-state index in [1.807, 2.05) is 0 Å². The second-order valence-corrected chi connectivity index (χ2v) is 7.37. The first-order valence-corrected chi connectivity index (χ1v) is 10.4. The Bertz CT molecular complexity index is 52.0. The van der Waals surface area contributed by atoms with E-state index in [0.29, 0.717) is 0 Å². The van der Waals surface area contributed by atoms with Crippen LogP contribution in [0.25, 0.3) is 0 Å². The van der Waals surface area contributed by atoms with Crippen LogP contribution in [-0.4, -0.2) is 34.7 Å². The van der Waals surface area contributed by atoms with E-state index in [4.69, 9.17) is 0 Å². The van der Waals surface area contributed by atoms with Crippen LogP contribution in [0.4, 0.5) is 0 Å². The van der Waals surface area contributed by atoms with Crippen LogP contribution in [0.2, 0.25) is 8.76 Å². The quantitative estimate of drug-likeness (QED) is 0.692. The van der Waals surface area contributed by atoms with Gasteiger partial charge in [0.2, 0.25) is 0 Å². The van der Waals surface area contributed by atoms with Crippen LogP contribution in [0.5, 0.6) is 0 Å². The molecule has 0 aromatic heterocycles. The summed E-state index contributed by atoms with van der Waals surface area (Å²) in [6.07, 6.45) is 0. The first-order valence-electron chi connectivity index (χ1n) is 2.66. The van der Waals surface area contributed by atoms with Crippen LogP contribution in [-0.2, 0) is 0 Å². The summed E-state index contributed by atoms with van der Waals surface area (Å²) in [4.78, 5) is 0. The van der Waals surface area contributed by atoms with Crippen molar-refractivity contribution < 1.29 is 0 Å². The summed E-state index contributed by atoms with van der Waals surface area (Å²) >= 11 is 2.11. The molecule has 0 aromatic carbocycles. The van der Waals surface area contributed by atoms with E-state index in [9.17, 15) is 0 Å². The van der Waals surface area contributed by atoms with Gasteiger partial charge in [-0.05, 0) is 0 Å². The van der Waals surface area contributed by atoms with Crippen molar-refractivity contribution in [3.8, 4) is 0 Å². The predicted octanol–water partition coefficient (Wildman–Crippen LogP) is 1.25.